The van der Waals surface area contributed by atoms with E-state index in [0.29, 0.717) is 0 Å². The van der Waals surface area contributed by atoms with Crippen LogP contribution in [0.5, 0.6) is 0 Å². The molecule has 0 aliphatic heterocycles. The molecule has 0 aliphatic rings. The van der Waals surface area contributed by atoms with E-state index in [2.05, 4.69) is 170 Å². The molecule has 10 aromatic rings. The first-order chi connectivity index (χ1) is 23.3. The fourth-order valence-corrected chi connectivity index (χ4v) is 7.73. The number of benzene rings is 9. The quantitative estimate of drug-likeness (QED) is 0.185. The summed E-state index contributed by atoms with van der Waals surface area (Å²) >= 11 is 0. The average Bonchev–Trinajstić information content (AvgIpc) is 3.53. The summed E-state index contributed by atoms with van der Waals surface area (Å²) in [5.74, 6) is 0. The molecule has 0 saturated heterocycles. The second kappa shape index (κ2) is 10.2. The topological polar surface area (TPSA) is 13.1 Å². The molecule has 1 heterocycles. The third-order valence-corrected chi connectivity index (χ3v) is 9.82. The predicted octanol–water partition coefficient (Wildman–Crippen LogP) is 13.2. The van der Waals surface area contributed by atoms with Gasteiger partial charge in [-0.25, -0.2) is 0 Å². The van der Waals surface area contributed by atoms with Gasteiger partial charge in [-0.2, -0.15) is 0 Å². The summed E-state index contributed by atoms with van der Waals surface area (Å²) in [6, 6.07) is 61.5. The summed E-state index contributed by atoms with van der Waals surface area (Å²) < 4.78 is 6.63. The summed E-state index contributed by atoms with van der Waals surface area (Å²) in [4.78, 5) is 0. The highest BCUT2D eigenvalue weighted by molar-refractivity contribution is 6.23. The van der Waals surface area contributed by atoms with Gasteiger partial charge in [0.25, 0.3) is 0 Å². The fourth-order valence-electron chi connectivity index (χ4n) is 7.73. The van der Waals surface area contributed by atoms with Crippen LogP contribution in [0.4, 0.5) is 0 Å². The zero-order chi connectivity index (χ0) is 30.9. The first-order valence-electron chi connectivity index (χ1n) is 16.2. The lowest BCUT2D eigenvalue weighted by atomic mass is 9.85. The maximum Gasteiger partial charge on any atom is 0.143 e. The van der Waals surface area contributed by atoms with Crippen LogP contribution in [-0.2, 0) is 0 Å². The fraction of sp³-hybridized carbons (Fsp3) is 0. The molecular formula is C46H28O. The molecule has 0 bridgehead atoms. The zero-order valence-electron chi connectivity index (χ0n) is 25.6. The SMILES string of the molecule is c1cc(-c2c3ccccc3c(-c3ccc4ccccc4c3)c3ccccc23)cc(-c2cccc3c2oc2ccc4ccccc4c23)c1. The van der Waals surface area contributed by atoms with E-state index in [1.807, 2.05) is 0 Å². The number of para-hydroxylation sites is 1. The third kappa shape index (κ3) is 3.97. The van der Waals surface area contributed by atoms with Gasteiger partial charge in [-0.05, 0) is 89.1 Å². The monoisotopic (exact) mass is 596 g/mol. The van der Waals surface area contributed by atoms with Crippen molar-refractivity contribution in [3.8, 4) is 33.4 Å². The molecule has 9 aromatic carbocycles. The number of rotatable bonds is 3. The van der Waals surface area contributed by atoms with Gasteiger partial charge in [0.1, 0.15) is 11.2 Å². The smallest absolute Gasteiger partial charge is 0.143 e. The minimum atomic E-state index is 0.920. The van der Waals surface area contributed by atoms with Crippen LogP contribution in [0.1, 0.15) is 0 Å². The second-order valence-electron chi connectivity index (χ2n) is 12.4. The number of fused-ring (bicyclic) bond motifs is 8. The van der Waals surface area contributed by atoms with Gasteiger partial charge in [-0.15, -0.1) is 0 Å². The molecule has 0 spiro atoms. The van der Waals surface area contributed by atoms with Gasteiger partial charge < -0.3 is 4.42 Å². The number of hydrogen-bond donors (Lipinski definition) is 0. The van der Waals surface area contributed by atoms with E-state index in [9.17, 15) is 0 Å². The lowest BCUT2D eigenvalue weighted by Crippen LogP contribution is -1.91. The molecule has 10 rings (SSSR count). The molecule has 0 radical (unpaired) electrons. The molecular weight excluding hydrogens is 569 g/mol. The summed E-state index contributed by atoms with van der Waals surface area (Å²) in [6.07, 6.45) is 0. The van der Waals surface area contributed by atoms with Gasteiger partial charge in [-0.3, -0.25) is 0 Å². The Kier molecular flexibility index (Phi) is 5.64. The Morgan fingerprint density at radius 2 is 0.851 bits per heavy atom. The molecule has 0 aliphatic carbocycles. The van der Waals surface area contributed by atoms with E-state index >= 15 is 0 Å². The normalized spacial score (nSPS) is 11.8. The molecule has 0 unspecified atom stereocenters. The highest BCUT2D eigenvalue weighted by Crippen LogP contribution is 2.45. The maximum atomic E-state index is 6.63. The van der Waals surface area contributed by atoms with Crippen LogP contribution in [-0.4, -0.2) is 0 Å². The largest absolute Gasteiger partial charge is 0.455 e. The summed E-state index contributed by atoms with van der Waals surface area (Å²) in [5.41, 5.74) is 9.06. The Bertz CT molecular complexity index is 2800. The molecule has 0 saturated carbocycles. The van der Waals surface area contributed by atoms with Gasteiger partial charge in [0.15, 0.2) is 0 Å². The Hall–Kier alpha value is -6.18. The van der Waals surface area contributed by atoms with Crippen LogP contribution < -0.4 is 0 Å². The molecule has 0 atom stereocenters. The van der Waals surface area contributed by atoms with Crippen molar-refractivity contribution in [3.05, 3.63) is 170 Å². The summed E-state index contributed by atoms with van der Waals surface area (Å²) in [5, 5.41) is 12.3. The first kappa shape index (κ1) is 26.1. The second-order valence-corrected chi connectivity index (χ2v) is 12.4. The Balaban J connectivity index is 1.22. The molecule has 1 nitrogen and oxygen atoms in total. The van der Waals surface area contributed by atoms with Gasteiger partial charge in [0.2, 0.25) is 0 Å². The van der Waals surface area contributed by atoms with Crippen molar-refractivity contribution < 1.29 is 4.42 Å². The highest BCUT2D eigenvalue weighted by Gasteiger charge is 2.19. The lowest BCUT2D eigenvalue weighted by molar-refractivity contribution is 0.670. The molecule has 47 heavy (non-hydrogen) atoms. The molecule has 0 fully saturated rings. The van der Waals surface area contributed by atoms with Crippen molar-refractivity contribution in [1.82, 2.24) is 0 Å². The van der Waals surface area contributed by atoms with Crippen molar-refractivity contribution in [2.75, 3.05) is 0 Å². The molecule has 0 amide bonds. The average molecular weight is 597 g/mol. The lowest BCUT2D eigenvalue weighted by Gasteiger charge is -2.18. The van der Waals surface area contributed by atoms with E-state index in [-0.39, 0.29) is 0 Å². The minimum absolute atomic E-state index is 0.920. The molecule has 218 valence electrons. The molecule has 1 heteroatoms. The zero-order valence-corrected chi connectivity index (χ0v) is 25.6. The van der Waals surface area contributed by atoms with Gasteiger partial charge in [0.05, 0.1) is 0 Å². The molecule has 1 aromatic heterocycles. The summed E-state index contributed by atoms with van der Waals surface area (Å²) in [7, 11) is 0. The van der Waals surface area contributed by atoms with Crippen molar-refractivity contribution in [2.45, 2.75) is 0 Å². The third-order valence-electron chi connectivity index (χ3n) is 9.82. The number of hydrogen-bond acceptors (Lipinski definition) is 1. The predicted molar refractivity (Wildman–Crippen MR) is 200 cm³/mol. The standard InChI is InChI=1S/C46H28O/c1-2-13-31-27-34(24-23-29(31)11-1)44-39-19-7-5-17-37(39)43(38-18-6-8-20-40(38)44)33-15-9-14-32(28-33)36-21-10-22-41-45-35-16-4-3-12-30(35)25-26-42(45)47-46(36)41/h1-28H. The summed E-state index contributed by atoms with van der Waals surface area (Å²) in [6.45, 7) is 0. The first-order valence-corrected chi connectivity index (χ1v) is 16.2. The van der Waals surface area contributed by atoms with E-state index in [1.165, 1.54) is 70.7 Å². The Labute approximate surface area is 271 Å². The van der Waals surface area contributed by atoms with Crippen LogP contribution in [0.2, 0.25) is 0 Å². The van der Waals surface area contributed by atoms with Crippen molar-refractivity contribution in [2.24, 2.45) is 0 Å². The van der Waals surface area contributed by atoms with E-state index in [0.717, 1.165) is 27.7 Å². The van der Waals surface area contributed by atoms with Crippen LogP contribution in [0.15, 0.2) is 174 Å². The van der Waals surface area contributed by atoms with E-state index in [4.69, 9.17) is 4.42 Å². The van der Waals surface area contributed by atoms with Gasteiger partial charge in [-0.1, -0.05) is 152 Å². The Morgan fingerprint density at radius 3 is 1.57 bits per heavy atom. The van der Waals surface area contributed by atoms with Crippen LogP contribution in [0.25, 0.3) is 98.4 Å². The highest BCUT2D eigenvalue weighted by atomic mass is 16.3. The number of furan rings is 1. The van der Waals surface area contributed by atoms with Crippen molar-refractivity contribution in [3.63, 3.8) is 0 Å². The van der Waals surface area contributed by atoms with Crippen LogP contribution in [0, 0.1) is 0 Å². The van der Waals surface area contributed by atoms with Crippen LogP contribution in [0.3, 0.4) is 0 Å². The molecule has 0 N–H and O–H groups in total. The minimum Gasteiger partial charge on any atom is -0.455 e. The van der Waals surface area contributed by atoms with Crippen LogP contribution >= 0.6 is 0 Å². The van der Waals surface area contributed by atoms with Gasteiger partial charge in [0, 0.05) is 16.3 Å². The maximum absolute atomic E-state index is 6.63. The van der Waals surface area contributed by atoms with E-state index < -0.39 is 0 Å². The van der Waals surface area contributed by atoms with Gasteiger partial charge >= 0.3 is 0 Å². The van der Waals surface area contributed by atoms with Crippen molar-refractivity contribution in [1.29, 1.82) is 0 Å². The Morgan fingerprint density at radius 1 is 0.319 bits per heavy atom. The van der Waals surface area contributed by atoms with E-state index in [1.54, 1.807) is 0 Å². The van der Waals surface area contributed by atoms with Crippen molar-refractivity contribution >= 4 is 65.0 Å².